The van der Waals surface area contributed by atoms with Crippen molar-refractivity contribution in [3.63, 3.8) is 0 Å². The fraction of sp³-hybridized carbons (Fsp3) is 0.135. The molecule has 5 aromatic carbocycles. The number of nitrogens with zero attached hydrogens (tertiary/aromatic N) is 1. The van der Waals surface area contributed by atoms with E-state index in [0.29, 0.717) is 22.6 Å². The van der Waals surface area contributed by atoms with Crippen molar-refractivity contribution in [1.29, 1.82) is 0 Å². The van der Waals surface area contributed by atoms with E-state index in [2.05, 4.69) is 10.0 Å². The Morgan fingerprint density at radius 3 is 2.12 bits per heavy atom. The maximum absolute atomic E-state index is 14.0. The first-order valence-electron chi connectivity index (χ1n) is 15.4. The van der Waals surface area contributed by atoms with Gasteiger partial charge in [0.2, 0.25) is 12.7 Å². The summed E-state index contributed by atoms with van der Waals surface area (Å²) in [6.45, 7) is -0.299. The second kappa shape index (κ2) is 15.1. The second-order valence-corrected chi connectivity index (χ2v) is 12.9. The lowest BCUT2D eigenvalue weighted by atomic mass is 10.0. The number of ether oxygens (including phenoxy) is 3. The normalized spacial score (nSPS) is 12.5. The summed E-state index contributed by atoms with van der Waals surface area (Å²) < 4.78 is 71.7. The standard InChI is InChI=1S/C37H31F2N3O7S/c38-28-9-6-25(7-10-28)22-42(35(43)23-47-31-15-17-32(18-16-31)50(45,46)41-30-13-11-29(39)12-14-30)36(27-4-2-1-3-5-27)37(44)40-21-26-8-19-33-34(20-26)49-24-48-33/h1-20,36,41H,21-24H2,(H,40,44). The maximum atomic E-state index is 14.0. The van der Waals surface area contributed by atoms with Crippen LogP contribution in [0.25, 0.3) is 0 Å². The third kappa shape index (κ3) is 8.36. The van der Waals surface area contributed by atoms with Gasteiger partial charge >= 0.3 is 0 Å². The lowest BCUT2D eigenvalue weighted by molar-refractivity contribution is -0.143. The molecule has 256 valence electrons. The van der Waals surface area contributed by atoms with Crippen molar-refractivity contribution in [1.82, 2.24) is 10.2 Å². The van der Waals surface area contributed by atoms with E-state index < -0.39 is 46.1 Å². The van der Waals surface area contributed by atoms with Crippen LogP contribution in [0.4, 0.5) is 14.5 Å². The Labute approximate surface area is 287 Å². The van der Waals surface area contributed by atoms with Crippen LogP contribution in [0.15, 0.2) is 126 Å². The van der Waals surface area contributed by atoms with Crippen LogP contribution >= 0.6 is 0 Å². The zero-order chi connectivity index (χ0) is 35.1. The van der Waals surface area contributed by atoms with Crippen molar-refractivity contribution in [2.24, 2.45) is 0 Å². The molecule has 1 atom stereocenters. The lowest BCUT2D eigenvalue weighted by Crippen LogP contribution is -2.45. The molecule has 0 spiro atoms. The fourth-order valence-corrected chi connectivity index (χ4v) is 6.29. The van der Waals surface area contributed by atoms with Crippen LogP contribution in [0.2, 0.25) is 0 Å². The van der Waals surface area contributed by atoms with Crippen molar-refractivity contribution in [3.05, 3.63) is 150 Å². The van der Waals surface area contributed by atoms with Crippen LogP contribution in [0.5, 0.6) is 17.2 Å². The molecule has 1 aliphatic rings. The molecule has 2 amide bonds. The minimum absolute atomic E-state index is 0.0499. The van der Waals surface area contributed by atoms with Gasteiger partial charge in [0.15, 0.2) is 18.1 Å². The molecule has 0 fully saturated rings. The summed E-state index contributed by atoms with van der Waals surface area (Å²) in [5.41, 5.74) is 2.06. The van der Waals surface area contributed by atoms with E-state index in [1.54, 1.807) is 48.5 Å². The monoisotopic (exact) mass is 699 g/mol. The minimum Gasteiger partial charge on any atom is -0.484 e. The van der Waals surface area contributed by atoms with E-state index in [0.717, 1.165) is 17.7 Å². The maximum Gasteiger partial charge on any atom is 0.261 e. The van der Waals surface area contributed by atoms with Crippen molar-refractivity contribution in [2.45, 2.75) is 24.0 Å². The van der Waals surface area contributed by atoms with Crippen LogP contribution in [-0.4, -0.2) is 38.5 Å². The summed E-state index contributed by atoms with van der Waals surface area (Å²) in [6, 6.07) is 28.9. The molecule has 1 heterocycles. The Morgan fingerprint density at radius 2 is 1.42 bits per heavy atom. The Morgan fingerprint density at radius 1 is 0.780 bits per heavy atom. The number of sulfonamides is 1. The molecule has 1 unspecified atom stereocenters. The fourth-order valence-electron chi connectivity index (χ4n) is 5.23. The van der Waals surface area contributed by atoms with Gasteiger partial charge in [0.05, 0.1) is 4.90 Å². The van der Waals surface area contributed by atoms with Crippen LogP contribution in [0.1, 0.15) is 22.7 Å². The van der Waals surface area contributed by atoms with Gasteiger partial charge in [0.25, 0.3) is 15.9 Å². The Kier molecular flexibility index (Phi) is 10.2. The summed E-state index contributed by atoms with van der Waals surface area (Å²) in [7, 11) is -3.99. The first-order chi connectivity index (χ1) is 24.1. The van der Waals surface area contributed by atoms with Crippen molar-refractivity contribution in [2.75, 3.05) is 18.1 Å². The molecule has 1 aliphatic heterocycles. The number of carbonyl (C=O) groups excluding carboxylic acids is 2. The molecular weight excluding hydrogens is 668 g/mol. The largest absolute Gasteiger partial charge is 0.484 e. The molecule has 0 aliphatic carbocycles. The van der Waals surface area contributed by atoms with E-state index >= 15 is 0 Å². The van der Waals surface area contributed by atoms with Gasteiger partial charge in [0, 0.05) is 18.8 Å². The van der Waals surface area contributed by atoms with Crippen molar-refractivity contribution in [3.8, 4) is 17.2 Å². The highest BCUT2D eigenvalue weighted by molar-refractivity contribution is 7.92. The highest BCUT2D eigenvalue weighted by Gasteiger charge is 2.32. The van der Waals surface area contributed by atoms with Crippen molar-refractivity contribution >= 4 is 27.5 Å². The van der Waals surface area contributed by atoms with Crippen LogP contribution in [0, 0.1) is 11.6 Å². The van der Waals surface area contributed by atoms with Crippen LogP contribution in [0.3, 0.4) is 0 Å². The zero-order valence-electron chi connectivity index (χ0n) is 26.4. The molecule has 0 radical (unpaired) electrons. The SMILES string of the molecule is O=C(NCc1ccc2c(c1)OCO2)C(c1ccccc1)N(Cc1ccc(F)cc1)C(=O)COc1ccc(S(=O)(=O)Nc2ccc(F)cc2)cc1. The van der Waals surface area contributed by atoms with Gasteiger partial charge in [-0.2, -0.15) is 0 Å². The highest BCUT2D eigenvalue weighted by Crippen LogP contribution is 2.33. The van der Waals surface area contributed by atoms with E-state index in [1.807, 2.05) is 0 Å². The van der Waals surface area contributed by atoms with E-state index in [9.17, 15) is 26.8 Å². The number of benzene rings is 5. The molecule has 6 rings (SSSR count). The Hall–Kier alpha value is -5.95. The summed E-state index contributed by atoms with van der Waals surface area (Å²) >= 11 is 0. The number of hydrogen-bond acceptors (Lipinski definition) is 7. The number of anilines is 1. The highest BCUT2D eigenvalue weighted by atomic mass is 32.2. The number of hydrogen-bond donors (Lipinski definition) is 2. The van der Waals surface area contributed by atoms with Crippen LogP contribution in [-0.2, 0) is 32.7 Å². The van der Waals surface area contributed by atoms with Gasteiger partial charge < -0.3 is 24.4 Å². The number of halogens is 2. The van der Waals surface area contributed by atoms with Gasteiger partial charge in [-0.15, -0.1) is 0 Å². The van der Waals surface area contributed by atoms with Crippen LogP contribution < -0.4 is 24.2 Å². The molecule has 10 nitrogen and oxygen atoms in total. The summed E-state index contributed by atoms with van der Waals surface area (Å²) in [6.07, 6.45) is 0. The molecule has 5 aromatic rings. The third-order valence-electron chi connectivity index (χ3n) is 7.76. The number of rotatable bonds is 13. The molecule has 50 heavy (non-hydrogen) atoms. The van der Waals surface area contributed by atoms with Gasteiger partial charge in [-0.3, -0.25) is 14.3 Å². The van der Waals surface area contributed by atoms with Gasteiger partial charge in [-0.1, -0.05) is 48.5 Å². The summed E-state index contributed by atoms with van der Waals surface area (Å²) in [4.78, 5) is 29.2. The molecule has 13 heteroatoms. The first-order valence-corrected chi connectivity index (χ1v) is 16.9. The second-order valence-electron chi connectivity index (χ2n) is 11.2. The summed E-state index contributed by atoms with van der Waals surface area (Å²) in [5, 5.41) is 2.92. The average molecular weight is 700 g/mol. The topological polar surface area (TPSA) is 123 Å². The predicted molar refractivity (Wildman–Crippen MR) is 180 cm³/mol. The number of carbonyl (C=O) groups is 2. The van der Waals surface area contributed by atoms with Gasteiger partial charge in [-0.25, -0.2) is 17.2 Å². The summed E-state index contributed by atoms with van der Waals surface area (Å²) in [5.74, 6) is -0.604. The smallest absolute Gasteiger partial charge is 0.261 e. The Bertz CT molecular complexity index is 2060. The van der Waals surface area contributed by atoms with Gasteiger partial charge in [-0.05, 0) is 89.5 Å². The molecule has 0 saturated heterocycles. The number of nitrogens with one attached hydrogen (secondary N) is 2. The molecule has 0 aromatic heterocycles. The van der Waals surface area contributed by atoms with E-state index in [-0.39, 0.29) is 36.2 Å². The molecular formula is C37H31F2N3O7S. The number of amides is 2. The number of fused-ring (bicyclic) bond motifs is 1. The van der Waals surface area contributed by atoms with E-state index in [4.69, 9.17) is 14.2 Å². The molecule has 0 bridgehead atoms. The minimum atomic E-state index is -3.99. The van der Waals surface area contributed by atoms with Crippen molar-refractivity contribution < 1.29 is 41.0 Å². The quantitative estimate of drug-likeness (QED) is 0.156. The zero-order valence-corrected chi connectivity index (χ0v) is 27.2. The lowest BCUT2D eigenvalue weighted by Gasteiger charge is -2.31. The molecule has 0 saturated carbocycles. The van der Waals surface area contributed by atoms with E-state index in [1.165, 1.54) is 65.6 Å². The third-order valence-corrected chi connectivity index (χ3v) is 9.16. The average Bonchev–Trinajstić information content (AvgIpc) is 3.60. The molecule has 2 N–H and O–H groups in total. The Balaban J connectivity index is 1.20. The van der Waals surface area contributed by atoms with Gasteiger partial charge in [0.1, 0.15) is 23.4 Å². The predicted octanol–water partition coefficient (Wildman–Crippen LogP) is 5.96. The first kappa shape index (κ1) is 33.9.